The Balaban J connectivity index is 1.92. The van der Waals surface area contributed by atoms with Crippen LogP contribution < -0.4 is 0 Å². The number of aliphatic hydroxyl groups excluding tert-OH is 1. The van der Waals surface area contributed by atoms with E-state index >= 15 is 0 Å². The fourth-order valence-corrected chi connectivity index (χ4v) is 3.43. The molecule has 0 aliphatic heterocycles. The van der Waals surface area contributed by atoms with Crippen molar-refractivity contribution in [3.63, 3.8) is 0 Å². The second kappa shape index (κ2) is 6.12. The molecule has 0 bridgehead atoms. The summed E-state index contributed by atoms with van der Waals surface area (Å²) in [6.45, 7) is 0. The van der Waals surface area contributed by atoms with Crippen molar-refractivity contribution in [1.29, 1.82) is 0 Å². The first kappa shape index (κ1) is 13.2. The van der Waals surface area contributed by atoms with Gasteiger partial charge in [0.1, 0.15) is 0 Å². The van der Waals surface area contributed by atoms with Crippen LogP contribution in [0.1, 0.15) is 11.0 Å². The monoisotopic (exact) mass is 304 g/mol. The van der Waals surface area contributed by atoms with E-state index in [0.717, 1.165) is 14.8 Å². The molecule has 0 spiro atoms. The first-order valence-corrected chi connectivity index (χ1v) is 7.52. The van der Waals surface area contributed by atoms with E-state index in [-0.39, 0.29) is 0 Å². The normalized spacial score (nSPS) is 12.6. The van der Waals surface area contributed by atoms with Gasteiger partial charge >= 0.3 is 0 Å². The fraction of sp³-hybridized carbons (Fsp3) is 0.167. The Kier molecular flexibility index (Phi) is 4.77. The highest BCUT2D eigenvalue weighted by molar-refractivity contribution is 7.99. The molecule has 0 saturated carbocycles. The Hall–Kier alpha value is -0.190. The summed E-state index contributed by atoms with van der Waals surface area (Å²) in [7, 11) is 0. The van der Waals surface area contributed by atoms with Crippen molar-refractivity contribution in [2.24, 2.45) is 0 Å². The SMILES string of the molecule is OC(CSc1ccc(Cl)cc1)c1ccc(Cl)s1. The van der Waals surface area contributed by atoms with Gasteiger partial charge in [0.15, 0.2) is 0 Å². The van der Waals surface area contributed by atoms with Gasteiger partial charge < -0.3 is 5.11 Å². The molecule has 0 fully saturated rings. The van der Waals surface area contributed by atoms with Crippen LogP contribution in [0, 0.1) is 0 Å². The molecule has 1 atom stereocenters. The van der Waals surface area contributed by atoms with Crippen molar-refractivity contribution in [2.75, 3.05) is 5.75 Å². The summed E-state index contributed by atoms with van der Waals surface area (Å²) in [6, 6.07) is 11.2. The van der Waals surface area contributed by atoms with Crippen molar-refractivity contribution >= 4 is 46.3 Å². The Morgan fingerprint density at radius 3 is 2.41 bits per heavy atom. The molecule has 0 radical (unpaired) electrons. The van der Waals surface area contributed by atoms with Gasteiger partial charge in [-0.2, -0.15) is 0 Å². The summed E-state index contributed by atoms with van der Waals surface area (Å²) in [4.78, 5) is 1.99. The van der Waals surface area contributed by atoms with Gasteiger partial charge in [-0.25, -0.2) is 0 Å². The minimum absolute atomic E-state index is 0.479. The zero-order valence-corrected chi connectivity index (χ0v) is 11.9. The average Bonchev–Trinajstić information content (AvgIpc) is 2.75. The molecule has 0 saturated heterocycles. The largest absolute Gasteiger partial charge is 0.387 e. The average molecular weight is 305 g/mol. The minimum Gasteiger partial charge on any atom is -0.387 e. The smallest absolute Gasteiger partial charge is 0.0976 e. The maximum Gasteiger partial charge on any atom is 0.0976 e. The molecular formula is C12H10Cl2OS2. The van der Waals surface area contributed by atoms with E-state index in [1.165, 1.54) is 11.3 Å². The zero-order valence-electron chi connectivity index (χ0n) is 8.77. The summed E-state index contributed by atoms with van der Waals surface area (Å²) in [5, 5.41) is 10.7. The zero-order chi connectivity index (χ0) is 12.3. The van der Waals surface area contributed by atoms with Gasteiger partial charge in [0.25, 0.3) is 0 Å². The molecular weight excluding hydrogens is 295 g/mol. The fourth-order valence-electron chi connectivity index (χ4n) is 1.30. The van der Waals surface area contributed by atoms with Gasteiger partial charge in [0.2, 0.25) is 0 Å². The molecule has 1 nitrogen and oxygen atoms in total. The van der Waals surface area contributed by atoms with Crippen LogP contribution in [0.2, 0.25) is 9.36 Å². The second-order valence-corrected chi connectivity index (χ2v) is 6.70. The summed E-state index contributed by atoms with van der Waals surface area (Å²) in [5.41, 5.74) is 0. The highest BCUT2D eigenvalue weighted by atomic mass is 35.5. The van der Waals surface area contributed by atoms with E-state index in [1.807, 2.05) is 30.3 Å². The number of hydrogen-bond acceptors (Lipinski definition) is 3. The number of benzene rings is 1. The summed E-state index contributed by atoms with van der Waals surface area (Å²) < 4.78 is 0.704. The lowest BCUT2D eigenvalue weighted by atomic mass is 10.3. The Bertz CT molecular complexity index is 482. The molecule has 2 rings (SSSR count). The third kappa shape index (κ3) is 3.90. The van der Waals surface area contributed by atoms with Gasteiger partial charge in [-0.3, -0.25) is 0 Å². The van der Waals surface area contributed by atoms with E-state index in [4.69, 9.17) is 23.2 Å². The molecule has 0 aliphatic rings. The quantitative estimate of drug-likeness (QED) is 0.812. The van der Waals surface area contributed by atoms with Crippen LogP contribution in [0.5, 0.6) is 0 Å². The second-order valence-electron chi connectivity index (χ2n) is 3.42. The van der Waals surface area contributed by atoms with Crippen LogP contribution in [0.25, 0.3) is 0 Å². The Labute approximate surface area is 118 Å². The summed E-state index contributed by atoms with van der Waals surface area (Å²) in [6.07, 6.45) is -0.479. The molecule has 90 valence electrons. The Morgan fingerprint density at radius 2 is 1.82 bits per heavy atom. The number of halogens is 2. The topological polar surface area (TPSA) is 20.2 Å². The predicted molar refractivity (Wildman–Crippen MR) is 76.5 cm³/mol. The Morgan fingerprint density at radius 1 is 1.12 bits per heavy atom. The van der Waals surface area contributed by atoms with Gasteiger partial charge in [-0.15, -0.1) is 23.1 Å². The molecule has 2 aromatic rings. The van der Waals surface area contributed by atoms with Gasteiger partial charge in [-0.05, 0) is 36.4 Å². The molecule has 0 aliphatic carbocycles. The van der Waals surface area contributed by atoms with Gasteiger partial charge in [0, 0.05) is 20.5 Å². The van der Waals surface area contributed by atoms with E-state index in [0.29, 0.717) is 10.1 Å². The number of rotatable bonds is 4. The summed E-state index contributed by atoms with van der Waals surface area (Å²) >= 11 is 14.6. The van der Waals surface area contributed by atoms with Crippen LogP contribution in [0.4, 0.5) is 0 Å². The molecule has 0 amide bonds. The predicted octanol–water partition coefficient (Wildman–Crippen LogP) is 4.88. The third-order valence-corrected chi connectivity index (χ3v) is 4.82. The maximum atomic E-state index is 9.95. The number of hydrogen-bond donors (Lipinski definition) is 1. The lowest BCUT2D eigenvalue weighted by Gasteiger charge is -2.07. The van der Waals surface area contributed by atoms with Crippen LogP contribution in [-0.2, 0) is 0 Å². The van der Waals surface area contributed by atoms with Gasteiger partial charge in [-0.1, -0.05) is 23.2 Å². The minimum atomic E-state index is -0.479. The molecule has 1 N–H and O–H groups in total. The molecule has 1 unspecified atom stereocenters. The molecule has 17 heavy (non-hydrogen) atoms. The first-order valence-electron chi connectivity index (χ1n) is 4.97. The van der Waals surface area contributed by atoms with E-state index in [1.54, 1.807) is 17.8 Å². The maximum absolute atomic E-state index is 9.95. The van der Waals surface area contributed by atoms with Gasteiger partial charge in [0.05, 0.1) is 10.4 Å². The first-order chi connectivity index (χ1) is 8.15. The number of thiophene rings is 1. The van der Waals surface area contributed by atoms with Crippen molar-refractivity contribution in [1.82, 2.24) is 0 Å². The van der Waals surface area contributed by atoms with E-state index in [9.17, 15) is 5.11 Å². The lowest BCUT2D eigenvalue weighted by molar-refractivity contribution is 0.208. The highest BCUT2D eigenvalue weighted by Gasteiger charge is 2.10. The molecule has 1 aromatic carbocycles. The lowest BCUT2D eigenvalue weighted by Crippen LogP contribution is -1.97. The molecule has 1 aromatic heterocycles. The van der Waals surface area contributed by atoms with Crippen LogP contribution in [0.3, 0.4) is 0 Å². The molecule has 1 heterocycles. The van der Waals surface area contributed by atoms with Crippen molar-refractivity contribution < 1.29 is 5.11 Å². The van der Waals surface area contributed by atoms with Crippen LogP contribution in [0.15, 0.2) is 41.3 Å². The van der Waals surface area contributed by atoms with E-state index in [2.05, 4.69) is 0 Å². The van der Waals surface area contributed by atoms with Crippen molar-refractivity contribution in [3.05, 3.63) is 50.6 Å². The summed E-state index contributed by atoms with van der Waals surface area (Å²) in [5.74, 6) is 0.610. The standard InChI is InChI=1S/C12H10Cl2OS2/c13-8-1-3-9(4-2-8)16-7-10(15)11-5-6-12(14)17-11/h1-6,10,15H,7H2. The van der Waals surface area contributed by atoms with Crippen LogP contribution in [-0.4, -0.2) is 10.9 Å². The molecule has 5 heteroatoms. The number of thioether (sulfide) groups is 1. The van der Waals surface area contributed by atoms with Crippen molar-refractivity contribution in [2.45, 2.75) is 11.0 Å². The van der Waals surface area contributed by atoms with E-state index < -0.39 is 6.10 Å². The van der Waals surface area contributed by atoms with Crippen LogP contribution >= 0.6 is 46.3 Å². The van der Waals surface area contributed by atoms with Crippen molar-refractivity contribution in [3.8, 4) is 0 Å². The highest BCUT2D eigenvalue weighted by Crippen LogP contribution is 2.31. The third-order valence-electron chi connectivity index (χ3n) is 2.14. The number of aliphatic hydroxyl groups is 1.